The van der Waals surface area contributed by atoms with Crippen LogP contribution in [0.3, 0.4) is 0 Å². The molecule has 0 spiro atoms. The molecule has 2 aromatic carbocycles. The number of aliphatic hydroxyl groups excluding tert-OH is 2. The average molecular weight is 402 g/mol. The maximum absolute atomic E-state index is 12.5. The van der Waals surface area contributed by atoms with Crippen molar-refractivity contribution in [3.05, 3.63) is 108 Å². The normalized spacial score (nSPS) is 13.0. The van der Waals surface area contributed by atoms with Crippen LogP contribution in [0.1, 0.15) is 44.4 Å². The Morgan fingerprint density at radius 1 is 0.767 bits per heavy atom. The number of hydrogen-bond donors (Lipinski definition) is 2. The highest BCUT2D eigenvalue weighted by molar-refractivity contribution is 6.00. The Morgan fingerprint density at radius 2 is 1.57 bits per heavy atom. The van der Waals surface area contributed by atoms with Crippen LogP contribution >= 0.6 is 0 Å². The summed E-state index contributed by atoms with van der Waals surface area (Å²) < 4.78 is 10.7. The SMILES string of the molecule is O=C(c1ccccc1)C(O)c1cccc(-c2ccc(C(=O)C(O)c3ccco3)o2)c1. The number of ketones is 2. The molecular weight excluding hydrogens is 384 g/mol. The molecule has 0 aliphatic carbocycles. The molecule has 2 N–H and O–H groups in total. The first-order valence-electron chi connectivity index (χ1n) is 9.28. The second-order valence-electron chi connectivity index (χ2n) is 6.70. The lowest BCUT2D eigenvalue weighted by Crippen LogP contribution is -2.12. The number of aliphatic hydroxyl groups is 2. The summed E-state index contributed by atoms with van der Waals surface area (Å²) in [6, 6.07) is 21.4. The molecule has 0 amide bonds. The lowest BCUT2D eigenvalue weighted by Gasteiger charge is -2.11. The summed E-state index contributed by atoms with van der Waals surface area (Å²) in [5.41, 5.74) is 1.40. The first-order chi connectivity index (χ1) is 14.5. The van der Waals surface area contributed by atoms with Gasteiger partial charge in [-0.05, 0) is 35.9 Å². The van der Waals surface area contributed by atoms with Gasteiger partial charge in [0.05, 0.1) is 6.26 Å². The van der Waals surface area contributed by atoms with Crippen molar-refractivity contribution < 1.29 is 28.6 Å². The highest BCUT2D eigenvalue weighted by Crippen LogP contribution is 2.28. The predicted octanol–water partition coefficient (Wildman–Crippen LogP) is 4.37. The fraction of sp³-hybridized carbons (Fsp3) is 0.0833. The minimum atomic E-state index is -1.46. The molecule has 0 radical (unpaired) electrons. The zero-order valence-corrected chi connectivity index (χ0v) is 15.8. The van der Waals surface area contributed by atoms with E-state index in [1.54, 1.807) is 66.7 Å². The third-order valence-electron chi connectivity index (χ3n) is 4.70. The van der Waals surface area contributed by atoms with E-state index in [0.29, 0.717) is 22.5 Å². The third kappa shape index (κ3) is 3.87. The maximum atomic E-state index is 12.5. The zero-order chi connectivity index (χ0) is 21.1. The van der Waals surface area contributed by atoms with Crippen LogP contribution in [0.15, 0.2) is 94.0 Å². The van der Waals surface area contributed by atoms with Crippen LogP contribution in [0.25, 0.3) is 11.3 Å². The molecule has 2 atom stereocenters. The fourth-order valence-corrected chi connectivity index (χ4v) is 3.11. The molecule has 0 saturated carbocycles. The Kier molecular flexibility index (Phi) is 5.43. The summed E-state index contributed by atoms with van der Waals surface area (Å²) in [5.74, 6) is -0.579. The average Bonchev–Trinajstić information content (AvgIpc) is 3.50. The Balaban J connectivity index is 1.56. The monoisotopic (exact) mass is 402 g/mol. The van der Waals surface area contributed by atoms with Crippen molar-refractivity contribution >= 4 is 11.6 Å². The van der Waals surface area contributed by atoms with E-state index in [1.165, 1.54) is 18.4 Å². The molecule has 30 heavy (non-hydrogen) atoms. The van der Waals surface area contributed by atoms with Gasteiger partial charge in [-0.1, -0.05) is 48.5 Å². The van der Waals surface area contributed by atoms with E-state index in [-0.39, 0.29) is 11.5 Å². The van der Waals surface area contributed by atoms with Gasteiger partial charge in [-0.3, -0.25) is 9.59 Å². The first kappa shape index (κ1) is 19.6. The van der Waals surface area contributed by atoms with Crippen LogP contribution in [0.2, 0.25) is 0 Å². The zero-order valence-electron chi connectivity index (χ0n) is 15.8. The number of carbonyl (C=O) groups excluding carboxylic acids is 2. The molecule has 4 aromatic rings. The van der Waals surface area contributed by atoms with Crippen LogP contribution in [0.4, 0.5) is 0 Å². The van der Waals surface area contributed by atoms with Gasteiger partial charge in [-0.25, -0.2) is 0 Å². The van der Waals surface area contributed by atoms with Crippen molar-refractivity contribution in [2.75, 3.05) is 0 Å². The van der Waals surface area contributed by atoms with Gasteiger partial charge in [0.2, 0.25) is 5.78 Å². The van der Waals surface area contributed by atoms with E-state index in [0.717, 1.165) is 0 Å². The Morgan fingerprint density at radius 3 is 2.30 bits per heavy atom. The van der Waals surface area contributed by atoms with E-state index in [4.69, 9.17) is 8.83 Å². The number of Topliss-reactive ketones (excluding diaryl/α,β-unsaturated/α-hetero) is 2. The van der Waals surface area contributed by atoms with Crippen molar-refractivity contribution in [1.29, 1.82) is 0 Å². The second kappa shape index (κ2) is 8.32. The highest BCUT2D eigenvalue weighted by Gasteiger charge is 2.25. The Hall–Kier alpha value is -3.74. The standard InChI is InChI=1S/C24H18O6/c25-21(15-6-2-1-3-7-15)22(26)17-9-4-8-16(14-17)18-11-12-20(30-18)24(28)23(27)19-10-5-13-29-19/h1-14,22-23,26-27H. The van der Waals surface area contributed by atoms with Crippen LogP contribution < -0.4 is 0 Å². The molecule has 2 heterocycles. The van der Waals surface area contributed by atoms with Gasteiger partial charge in [0, 0.05) is 11.1 Å². The molecule has 0 fully saturated rings. The van der Waals surface area contributed by atoms with Crippen LogP contribution in [-0.4, -0.2) is 21.8 Å². The van der Waals surface area contributed by atoms with Crippen molar-refractivity contribution in [2.45, 2.75) is 12.2 Å². The summed E-state index contributed by atoms with van der Waals surface area (Å²) in [7, 11) is 0. The molecule has 6 heteroatoms. The predicted molar refractivity (Wildman–Crippen MR) is 108 cm³/mol. The minimum Gasteiger partial charge on any atom is -0.466 e. The quantitative estimate of drug-likeness (QED) is 0.445. The third-order valence-corrected chi connectivity index (χ3v) is 4.70. The van der Waals surface area contributed by atoms with Crippen LogP contribution in [0, 0.1) is 0 Å². The number of hydrogen-bond acceptors (Lipinski definition) is 6. The van der Waals surface area contributed by atoms with E-state index in [1.807, 2.05) is 0 Å². The van der Waals surface area contributed by atoms with Gasteiger partial charge in [-0.2, -0.15) is 0 Å². The summed E-state index contributed by atoms with van der Waals surface area (Å²) in [4.78, 5) is 24.9. The molecule has 0 aliphatic heterocycles. The molecule has 6 nitrogen and oxygen atoms in total. The van der Waals surface area contributed by atoms with Gasteiger partial charge < -0.3 is 19.0 Å². The first-order valence-corrected chi connectivity index (χ1v) is 9.28. The van der Waals surface area contributed by atoms with Gasteiger partial charge >= 0.3 is 0 Å². The highest BCUT2D eigenvalue weighted by atomic mass is 16.4. The van der Waals surface area contributed by atoms with Crippen molar-refractivity contribution in [1.82, 2.24) is 0 Å². The number of rotatable bonds is 7. The van der Waals surface area contributed by atoms with E-state index in [2.05, 4.69) is 0 Å². The molecule has 2 unspecified atom stereocenters. The lowest BCUT2D eigenvalue weighted by atomic mass is 9.98. The molecule has 150 valence electrons. The Bertz CT molecular complexity index is 1160. The lowest BCUT2D eigenvalue weighted by molar-refractivity contribution is 0.0674. The number of carbonyl (C=O) groups is 2. The second-order valence-corrected chi connectivity index (χ2v) is 6.70. The molecule has 0 bridgehead atoms. The largest absolute Gasteiger partial charge is 0.466 e. The molecule has 0 saturated heterocycles. The smallest absolute Gasteiger partial charge is 0.234 e. The van der Waals surface area contributed by atoms with Crippen LogP contribution in [0.5, 0.6) is 0 Å². The summed E-state index contributed by atoms with van der Waals surface area (Å²) >= 11 is 0. The summed E-state index contributed by atoms with van der Waals surface area (Å²) in [6.45, 7) is 0. The van der Waals surface area contributed by atoms with E-state index in [9.17, 15) is 19.8 Å². The van der Waals surface area contributed by atoms with E-state index >= 15 is 0 Å². The van der Waals surface area contributed by atoms with Crippen molar-refractivity contribution in [2.24, 2.45) is 0 Å². The van der Waals surface area contributed by atoms with Gasteiger partial charge in [0.25, 0.3) is 0 Å². The summed E-state index contributed by atoms with van der Waals surface area (Å²) in [6.07, 6.45) is -1.42. The minimum absolute atomic E-state index is 0.0276. The Labute approximate surface area is 172 Å². The number of benzene rings is 2. The van der Waals surface area contributed by atoms with Crippen LogP contribution in [-0.2, 0) is 0 Å². The van der Waals surface area contributed by atoms with Gasteiger partial charge in [-0.15, -0.1) is 0 Å². The van der Waals surface area contributed by atoms with E-state index < -0.39 is 23.8 Å². The van der Waals surface area contributed by atoms with Gasteiger partial charge in [0.15, 0.2) is 17.6 Å². The van der Waals surface area contributed by atoms with Crippen molar-refractivity contribution in [3.8, 4) is 11.3 Å². The maximum Gasteiger partial charge on any atom is 0.234 e. The molecule has 2 aromatic heterocycles. The van der Waals surface area contributed by atoms with Gasteiger partial charge in [0.1, 0.15) is 17.6 Å². The summed E-state index contributed by atoms with van der Waals surface area (Å²) in [5, 5.41) is 20.6. The molecule has 4 rings (SSSR count). The molecular formula is C24H18O6. The fourth-order valence-electron chi connectivity index (χ4n) is 3.11. The van der Waals surface area contributed by atoms with Crippen molar-refractivity contribution in [3.63, 3.8) is 0 Å². The molecule has 0 aliphatic rings. The number of furan rings is 2. The topological polar surface area (TPSA) is 101 Å².